The summed E-state index contributed by atoms with van der Waals surface area (Å²) in [6.07, 6.45) is 0. The van der Waals surface area contributed by atoms with Crippen LogP contribution in [0.25, 0.3) is 0 Å². The first-order valence-corrected chi connectivity index (χ1v) is 8.55. The van der Waals surface area contributed by atoms with Crippen molar-refractivity contribution in [1.29, 1.82) is 0 Å². The summed E-state index contributed by atoms with van der Waals surface area (Å²) < 4.78 is 26.6. The van der Waals surface area contributed by atoms with Gasteiger partial charge in [0.2, 0.25) is 0 Å². The standard InChI is InChI=1S/C14H18N2O2S2/c1-11-6-4-5-7-14(11)16(3)20(17,18)13-8-12(9-15-2)19-10-13/h4-8,10,15H,9H2,1-3H3. The van der Waals surface area contributed by atoms with Gasteiger partial charge >= 0.3 is 0 Å². The lowest BCUT2D eigenvalue weighted by Gasteiger charge is -2.20. The van der Waals surface area contributed by atoms with Crippen molar-refractivity contribution in [3.05, 3.63) is 46.2 Å². The van der Waals surface area contributed by atoms with Crippen LogP contribution in [0.4, 0.5) is 5.69 Å². The topological polar surface area (TPSA) is 49.4 Å². The Morgan fingerprint density at radius 3 is 2.65 bits per heavy atom. The van der Waals surface area contributed by atoms with Gasteiger partial charge in [-0.25, -0.2) is 8.42 Å². The van der Waals surface area contributed by atoms with Gasteiger partial charge in [0.25, 0.3) is 10.0 Å². The molecule has 0 aliphatic rings. The molecule has 1 aromatic carbocycles. The minimum atomic E-state index is -3.50. The van der Waals surface area contributed by atoms with Gasteiger partial charge in [0.1, 0.15) is 0 Å². The molecular weight excluding hydrogens is 292 g/mol. The van der Waals surface area contributed by atoms with E-state index in [4.69, 9.17) is 0 Å². The van der Waals surface area contributed by atoms with Crippen LogP contribution in [0.3, 0.4) is 0 Å². The summed E-state index contributed by atoms with van der Waals surface area (Å²) in [7, 11) is -0.0651. The van der Waals surface area contributed by atoms with Gasteiger partial charge in [-0.3, -0.25) is 4.31 Å². The zero-order chi connectivity index (χ0) is 14.8. The van der Waals surface area contributed by atoms with Crippen LogP contribution in [0.5, 0.6) is 0 Å². The number of thiophene rings is 1. The van der Waals surface area contributed by atoms with Crippen molar-refractivity contribution in [2.45, 2.75) is 18.4 Å². The van der Waals surface area contributed by atoms with Gasteiger partial charge in [-0.15, -0.1) is 11.3 Å². The Labute approximate surface area is 124 Å². The molecule has 0 aliphatic carbocycles. The molecule has 1 aromatic heterocycles. The minimum absolute atomic E-state index is 0.346. The molecule has 0 saturated carbocycles. The summed E-state index contributed by atoms with van der Waals surface area (Å²) in [6.45, 7) is 2.58. The highest BCUT2D eigenvalue weighted by atomic mass is 32.2. The number of hydrogen-bond donors (Lipinski definition) is 1. The first-order chi connectivity index (χ1) is 9.46. The maximum Gasteiger partial charge on any atom is 0.264 e. The molecule has 6 heteroatoms. The number of hydrogen-bond acceptors (Lipinski definition) is 4. The predicted octanol–water partition coefficient (Wildman–Crippen LogP) is 2.60. The molecule has 4 nitrogen and oxygen atoms in total. The van der Waals surface area contributed by atoms with Crippen molar-refractivity contribution in [1.82, 2.24) is 5.32 Å². The Balaban J connectivity index is 2.36. The molecule has 0 atom stereocenters. The molecule has 108 valence electrons. The Hall–Kier alpha value is -1.37. The van der Waals surface area contributed by atoms with E-state index in [2.05, 4.69) is 5.32 Å². The third-order valence-electron chi connectivity index (χ3n) is 3.09. The second-order valence-electron chi connectivity index (χ2n) is 4.54. The van der Waals surface area contributed by atoms with Gasteiger partial charge in [-0.2, -0.15) is 0 Å². The van der Waals surface area contributed by atoms with Crippen LogP contribution in [0, 0.1) is 6.92 Å². The Morgan fingerprint density at radius 1 is 1.30 bits per heavy atom. The highest BCUT2D eigenvalue weighted by Gasteiger charge is 2.23. The first-order valence-electron chi connectivity index (χ1n) is 6.23. The van der Waals surface area contributed by atoms with Crippen molar-refractivity contribution in [3.63, 3.8) is 0 Å². The van der Waals surface area contributed by atoms with E-state index in [0.717, 1.165) is 10.4 Å². The fourth-order valence-electron chi connectivity index (χ4n) is 1.97. The summed E-state index contributed by atoms with van der Waals surface area (Å²) in [5, 5.41) is 4.71. The van der Waals surface area contributed by atoms with Crippen LogP contribution >= 0.6 is 11.3 Å². The van der Waals surface area contributed by atoms with E-state index in [1.54, 1.807) is 18.5 Å². The smallest absolute Gasteiger partial charge is 0.264 e. The lowest BCUT2D eigenvalue weighted by Crippen LogP contribution is -2.26. The van der Waals surface area contributed by atoms with Crippen molar-refractivity contribution in [2.24, 2.45) is 0 Å². The van der Waals surface area contributed by atoms with E-state index >= 15 is 0 Å². The van der Waals surface area contributed by atoms with E-state index in [9.17, 15) is 8.42 Å². The van der Waals surface area contributed by atoms with E-state index in [1.165, 1.54) is 15.6 Å². The van der Waals surface area contributed by atoms with Crippen LogP contribution in [0.1, 0.15) is 10.4 Å². The molecule has 0 saturated heterocycles. The van der Waals surface area contributed by atoms with Crippen LogP contribution in [0.15, 0.2) is 40.6 Å². The fraction of sp³-hybridized carbons (Fsp3) is 0.286. The predicted molar refractivity (Wildman–Crippen MR) is 83.9 cm³/mol. The molecule has 0 spiro atoms. The van der Waals surface area contributed by atoms with Gasteiger partial charge < -0.3 is 5.32 Å². The lowest BCUT2D eigenvalue weighted by molar-refractivity contribution is 0.594. The Kier molecular flexibility index (Phi) is 4.47. The summed E-state index contributed by atoms with van der Waals surface area (Å²) in [5.74, 6) is 0. The minimum Gasteiger partial charge on any atom is -0.315 e. The molecule has 0 aliphatic heterocycles. The molecular formula is C14H18N2O2S2. The van der Waals surface area contributed by atoms with E-state index in [-0.39, 0.29) is 0 Å². The van der Waals surface area contributed by atoms with E-state index in [0.29, 0.717) is 17.1 Å². The molecule has 0 bridgehead atoms. The largest absolute Gasteiger partial charge is 0.315 e. The molecule has 20 heavy (non-hydrogen) atoms. The van der Waals surface area contributed by atoms with E-state index < -0.39 is 10.0 Å². The number of benzene rings is 1. The first kappa shape index (κ1) is 15.0. The number of nitrogens with zero attached hydrogens (tertiary/aromatic N) is 1. The summed E-state index contributed by atoms with van der Waals surface area (Å²) >= 11 is 1.45. The van der Waals surface area contributed by atoms with Gasteiger partial charge in [0.05, 0.1) is 10.6 Å². The highest BCUT2D eigenvalue weighted by molar-refractivity contribution is 7.93. The molecule has 1 heterocycles. The number of nitrogens with one attached hydrogen (secondary N) is 1. The van der Waals surface area contributed by atoms with Crippen LogP contribution in [0.2, 0.25) is 0 Å². The van der Waals surface area contributed by atoms with Gasteiger partial charge in [0.15, 0.2) is 0 Å². The number of rotatable bonds is 5. The molecule has 2 rings (SSSR count). The number of para-hydroxylation sites is 1. The molecule has 0 amide bonds. The highest BCUT2D eigenvalue weighted by Crippen LogP contribution is 2.27. The quantitative estimate of drug-likeness (QED) is 0.923. The number of sulfonamides is 1. The average molecular weight is 310 g/mol. The van der Waals surface area contributed by atoms with Crippen LogP contribution in [-0.2, 0) is 16.6 Å². The fourth-order valence-corrected chi connectivity index (χ4v) is 4.50. The van der Waals surface area contributed by atoms with Crippen molar-refractivity contribution in [2.75, 3.05) is 18.4 Å². The molecule has 0 fully saturated rings. The second-order valence-corrected chi connectivity index (χ2v) is 7.50. The SMILES string of the molecule is CNCc1cc(S(=O)(=O)N(C)c2ccccc2C)cs1. The molecule has 0 unspecified atom stereocenters. The zero-order valence-corrected chi connectivity index (χ0v) is 13.4. The molecule has 2 aromatic rings. The van der Waals surface area contributed by atoms with Crippen molar-refractivity contribution in [3.8, 4) is 0 Å². The van der Waals surface area contributed by atoms with E-state index in [1.807, 2.05) is 38.2 Å². The maximum atomic E-state index is 12.6. The summed E-state index contributed by atoms with van der Waals surface area (Å²) in [5.41, 5.74) is 1.64. The number of anilines is 1. The lowest BCUT2D eigenvalue weighted by atomic mass is 10.2. The second kappa shape index (κ2) is 5.95. The zero-order valence-electron chi connectivity index (χ0n) is 11.8. The Bertz CT molecular complexity index is 693. The average Bonchev–Trinajstić information content (AvgIpc) is 2.88. The van der Waals surface area contributed by atoms with Gasteiger partial charge in [-0.1, -0.05) is 18.2 Å². The van der Waals surface area contributed by atoms with Crippen molar-refractivity contribution >= 4 is 27.0 Å². The third-order valence-corrected chi connectivity index (χ3v) is 5.93. The maximum absolute atomic E-state index is 12.6. The van der Waals surface area contributed by atoms with Gasteiger partial charge in [-0.05, 0) is 31.7 Å². The van der Waals surface area contributed by atoms with Crippen LogP contribution in [-0.4, -0.2) is 22.5 Å². The normalized spacial score (nSPS) is 11.6. The summed E-state index contributed by atoms with van der Waals surface area (Å²) in [4.78, 5) is 1.35. The monoisotopic (exact) mass is 310 g/mol. The van der Waals surface area contributed by atoms with Gasteiger partial charge in [0, 0.05) is 23.8 Å². The Morgan fingerprint density at radius 2 is 2.00 bits per heavy atom. The van der Waals surface area contributed by atoms with Crippen LogP contribution < -0.4 is 9.62 Å². The van der Waals surface area contributed by atoms with Crippen molar-refractivity contribution < 1.29 is 8.42 Å². The number of aryl methyl sites for hydroxylation is 1. The molecule has 1 N–H and O–H groups in total. The molecule has 0 radical (unpaired) electrons. The summed E-state index contributed by atoms with van der Waals surface area (Å²) in [6, 6.07) is 9.18. The third kappa shape index (κ3) is 2.87.